The highest BCUT2D eigenvalue weighted by Crippen LogP contribution is 2.26. The maximum Gasteiger partial charge on any atom is 0.238 e. The van der Waals surface area contributed by atoms with Crippen molar-refractivity contribution in [3.63, 3.8) is 0 Å². The third-order valence-electron chi connectivity index (χ3n) is 3.77. The van der Waals surface area contributed by atoms with Crippen LogP contribution in [0.1, 0.15) is 12.8 Å². The van der Waals surface area contributed by atoms with E-state index in [0.717, 1.165) is 25.9 Å². The number of halogens is 1. The first-order valence-electron chi connectivity index (χ1n) is 6.83. The van der Waals surface area contributed by atoms with Crippen molar-refractivity contribution in [3.8, 4) is 0 Å². The first-order valence-corrected chi connectivity index (χ1v) is 7.20. The molecule has 2 atom stereocenters. The van der Waals surface area contributed by atoms with Crippen molar-refractivity contribution in [2.45, 2.75) is 25.0 Å². The molecule has 2 fully saturated rings. The van der Waals surface area contributed by atoms with Crippen LogP contribution in [0, 0.1) is 0 Å². The topological polar surface area (TPSA) is 67.6 Å². The number of hydrogen-bond donors (Lipinski definition) is 2. The molecular weight excluding hydrogens is 278 g/mol. The van der Waals surface area contributed by atoms with Crippen LogP contribution < -0.4 is 11.1 Å². The number of benzene rings is 1. The Morgan fingerprint density at radius 2 is 2.10 bits per heavy atom. The summed E-state index contributed by atoms with van der Waals surface area (Å²) >= 11 is 5.85. The maximum absolute atomic E-state index is 12.0. The Bertz CT molecular complexity index is 511. The van der Waals surface area contributed by atoms with E-state index in [1.807, 2.05) is 0 Å². The Morgan fingerprint density at radius 3 is 2.75 bits per heavy atom. The fourth-order valence-corrected chi connectivity index (χ4v) is 2.97. The molecule has 2 heterocycles. The average molecular weight is 296 g/mol. The van der Waals surface area contributed by atoms with Crippen LogP contribution in [0.2, 0.25) is 5.02 Å². The summed E-state index contributed by atoms with van der Waals surface area (Å²) in [7, 11) is 0. The van der Waals surface area contributed by atoms with E-state index in [2.05, 4.69) is 10.2 Å². The summed E-state index contributed by atoms with van der Waals surface area (Å²) in [6, 6.07) is 5.10. The summed E-state index contributed by atoms with van der Waals surface area (Å²) in [5, 5.41) is 3.34. The zero-order valence-corrected chi connectivity index (χ0v) is 11.9. The molecule has 0 aliphatic carbocycles. The molecule has 0 aromatic heterocycles. The molecule has 2 bridgehead atoms. The van der Waals surface area contributed by atoms with Crippen LogP contribution in [0.5, 0.6) is 0 Å². The molecule has 5 nitrogen and oxygen atoms in total. The summed E-state index contributed by atoms with van der Waals surface area (Å²) in [6.07, 6.45) is 2.81. The van der Waals surface area contributed by atoms with Crippen LogP contribution in [0.15, 0.2) is 18.2 Å². The molecule has 0 radical (unpaired) electrons. The second-order valence-electron chi connectivity index (χ2n) is 5.44. The third-order valence-corrected chi connectivity index (χ3v) is 4.11. The van der Waals surface area contributed by atoms with Crippen LogP contribution in [0.25, 0.3) is 0 Å². The first kappa shape index (κ1) is 13.7. The fraction of sp³-hybridized carbons (Fsp3) is 0.500. The lowest BCUT2D eigenvalue weighted by Crippen LogP contribution is -2.45. The van der Waals surface area contributed by atoms with Crippen molar-refractivity contribution in [1.82, 2.24) is 4.90 Å². The molecule has 20 heavy (non-hydrogen) atoms. The smallest absolute Gasteiger partial charge is 0.238 e. The van der Waals surface area contributed by atoms with Gasteiger partial charge in [0.25, 0.3) is 0 Å². The zero-order valence-electron chi connectivity index (χ0n) is 11.1. The number of nitrogen functional groups attached to an aromatic ring is 1. The van der Waals surface area contributed by atoms with Gasteiger partial charge in [0.1, 0.15) is 0 Å². The lowest BCUT2D eigenvalue weighted by atomic mass is 10.2. The van der Waals surface area contributed by atoms with Gasteiger partial charge in [-0.05, 0) is 31.0 Å². The van der Waals surface area contributed by atoms with Crippen LogP contribution in [-0.2, 0) is 9.53 Å². The van der Waals surface area contributed by atoms with Gasteiger partial charge in [0.05, 0.1) is 29.5 Å². The molecule has 2 unspecified atom stereocenters. The molecule has 108 valence electrons. The Morgan fingerprint density at radius 1 is 1.40 bits per heavy atom. The minimum atomic E-state index is -0.0342. The third kappa shape index (κ3) is 3.06. The summed E-state index contributed by atoms with van der Waals surface area (Å²) in [6.45, 7) is 2.07. The highest BCUT2D eigenvalue weighted by Gasteiger charge is 2.34. The second-order valence-corrected chi connectivity index (χ2v) is 5.84. The maximum atomic E-state index is 12.0. The SMILES string of the molecule is Nc1cc(NC(=O)CN2CC3CCC(C2)O3)ccc1Cl. The van der Waals surface area contributed by atoms with Gasteiger partial charge < -0.3 is 15.8 Å². The minimum Gasteiger partial charge on any atom is -0.397 e. The van der Waals surface area contributed by atoms with E-state index in [4.69, 9.17) is 22.1 Å². The first-order chi connectivity index (χ1) is 9.60. The van der Waals surface area contributed by atoms with Crippen LogP contribution in [0.4, 0.5) is 11.4 Å². The predicted molar refractivity (Wildman–Crippen MR) is 78.8 cm³/mol. The monoisotopic (exact) mass is 295 g/mol. The Labute approximate surface area is 123 Å². The number of hydrogen-bond acceptors (Lipinski definition) is 4. The Balaban J connectivity index is 1.55. The quantitative estimate of drug-likeness (QED) is 0.833. The molecule has 6 heteroatoms. The van der Waals surface area contributed by atoms with E-state index in [-0.39, 0.29) is 5.91 Å². The molecule has 1 aromatic carbocycles. The summed E-state index contributed by atoms with van der Waals surface area (Å²) in [5.41, 5.74) is 6.86. The summed E-state index contributed by atoms with van der Waals surface area (Å²) in [5.74, 6) is -0.0342. The van der Waals surface area contributed by atoms with Gasteiger partial charge in [0, 0.05) is 18.8 Å². The van der Waals surface area contributed by atoms with E-state index in [9.17, 15) is 4.79 Å². The van der Waals surface area contributed by atoms with Crippen LogP contribution in [-0.4, -0.2) is 42.6 Å². The van der Waals surface area contributed by atoms with Crippen LogP contribution in [0.3, 0.4) is 0 Å². The number of nitrogens with zero attached hydrogens (tertiary/aromatic N) is 1. The molecule has 2 saturated heterocycles. The van der Waals surface area contributed by atoms with Gasteiger partial charge in [-0.3, -0.25) is 9.69 Å². The van der Waals surface area contributed by atoms with Gasteiger partial charge in [-0.25, -0.2) is 0 Å². The van der Waals surface area contributed by atoms with Crippen molar-refractivity contribution < 1.29 is 9.53 Å². The molecule has 0 spiro atoms. The number of likely N-dealkylation sites (tertiary alicyclic amines) is 1. The molecule has 1 amide bonds. The molecular formula is C14H18ClN3O2. The van der Waals surface area contributed by atoms with Gasteiger partial charge in [-0.1, -0.05) is 11.6 Å². The number of amides is 1. The molecule has 0 saturated carbocycles. The number of fused-ring (bicyclic) bond motifs is 2. The van der Waals surface area contributed by atoms with E-state index in [1.54, 1.807) is 18.2 Å². The number of rotatable bonds is 3. The largest absolute Gasteiger partial charge is 0.397 e. The Hall–Kier alpha value is -1.30. The number of nitrogens with two attached hydrogens (primary N) is 1. The zero-order chi connectivity index (χ0) is 14.1. The second kappa shape index (κ2) is 5.60. The van der Waals surface area contributed by atoms with E-state index in [1.165, 1.54) is 0 Å². The van der Waals surface area contributed by atoms with E-state index in [0.29, 0.717) is 35.2 Å². The number of morpholine rings is 1. The molecule has 2 aliphatic rings. The molecule has 3 N–H and O–H groups in total. The number of carbonyl (C=O) groups excluding carboxylic acids is 1. The van der Waals surface area contributed by atoms with Crippen molar-refractivity contribution >= 4 is 28.9 Å². The Kier molecular flexibility index (Phi) is 3.83. The standard InChI is InChI=1S/C14H18ClN3O2/c15-12-4-1-9(5-13(12)16)17-14(19)8-18-6-10-2-3-11(7-18)20-10/h1,4-5,10-11H,2-3,6-8,16H2,(H,17,19). The van der Waals surface area contributed by atoms with Gasteiger partial charge >= 0.3 is 0 Å². The van der Waals surface area contributed by atoms with Crippen molar-refractivity contribution in [2.24, 2.45) is 0 Å². The van der Waals surface area contributed by atoms with E-state index < -0.39 is 0 Å². The highest BCUT2D eigenvalue weighted by atomic mass is 35.5. The molecule has 3 rings (SSSR count). The summed E-state index contributed by atoms with van der Waals surface area (Å²) in [4.78, 5) is 14.2. The lowest BCUT2D eigenvalue weighted by Gasteiger charge is -2.31. The highest BCUT2D eigenvalue weighted by molar-refractivity contribution is 6.33. The number of anilines is 2. The molecule has 2 aliphatic heterocycles. The minimum absolute atomic E-state index is 0.0342. The fourth-order valence-electron chi connectivity index (χ4n) is 2.85. The van der Waals surface area contributed by atoms with E-state index >= 15 is 0 Å². The van der Waals surface area contributed by atoms with Gasteiger partial charge in [0.2, 0.25) is 5.91 Å². The van der Waals surface area contributed by atoms with Crippen molar-refractivity contribution in [1.29, 1.82) is 0 Å². The van der Waals surface area contributed by atoms with Crippen LogP contribution >= 0.6 is 11.6 Å². The van der Waals surface area contributed by atoms with Crippen molar-refractivity contribution in [2.75, 3.05) is 30.7 Å². The van der Waals surface area contributed by atoms with Gasteiger partial charge in [-0.15, -0.1) is 0 Å². The predicted octanol–water partition coefficient (Wildman–Crippen LogP) is 1.72. The number of nitrogens with one attached hydrogen (secondary N) is 1. The number of carbonyl (C=O) groups is 1. The summed E-state index contributed by atoms with van der Waals surface area (Å²) < 4.78 is 5.75. The van der Waals surface area contributed by atoms with Crippen molar-refractivity contribution in [3.05, 3.63) is 23.2 Å². The number of ether oxygens (including phenoxy) is 1. The van der Waals surface area contributed by atoms with Gasteiger partial charge in [0.15, 0.2) is 0 Å². The average Bonchev–Trinajstić information content (AvgIpc) is 2.73. The molecule has 1 aromatic rings. The lowest BCUT2D eigenvalue weighted by molar-refractivity contribution is -0.119. The van der Waals surface area contributed by atoms with Gasteiger partial charge in [-0.2, -0.15) is 0 Å². The normalized spacial score (nSPS) is 25.6.